The van der Waals surface area contributed by atoms with Gasteiger partial charge in [0.15, 0.2) is 5.13 Å². The zero-order chi connectivity index (χ0) is 16.9. The third-order valence-corrected chi connectivity index (χ3v) is 5.12. The molecule has 1 aromatic carbocycles. The van der Waals surface area contributed by atoms with Gasteiger partial charge in [-0.15, -0.1) is 11.3 Å². The highest BCUT2D eigenvalue weighted by molar-refractivity contribution is 7.13. The highest BCUT2D eigenvalue weighted by atomic mass is 32.1. The molecular weight excluding hydrogens is 320 g/mol. The Morgan fingerprint density at radius 2 is 2.08 bits per heavy atom. The molecule has 2 heterocycles. The maximum absolute atomic E-state index is 11.1. The number of carbonyl (C=O) groups is 1. The molecule has 1 aliphatic rings. The Morgan fingerprint density at radius 1 is 1.33 bits per heavy atom. The normalized spacial score (nSPS) is 16.1. The lowest BCUT2D eigenvalue weighted by atomic mass is 10.0. The first-order chi connectivity index (χ1) is 11.6. The van der Waals surface area contributed by atoms with Crippen LogP contribution in [0, 0.1) is 6.92 Å². The molecule has 128 valence electrons. The average Bonchev–Trinajstić information content (AvgIpc) is 2.98. The molecule has 24 heavy (non-hydrogen) atoms. The Morgan fingerprint density at radius 3 is 2.79 bits per heavy atom. The molecule has 1 saturated heterocycles. The SMILES string of the molecule is CC(=O)Nc1nc(CN2CCC(Nc3ccccc3C)CC2)cs1. The largest absolute Gasteiger partial charge is 0.382 e. The molecule has 3 rings (SSSR count). The van der Waals surface area contributed by atoms with Crippen molar-refractivity contribution < 1.29 is 4.79 Å². The maximum Gasteiger partial charge on any atom is 0.223 e. The van der Waals surface area contributed by atoms with Crippen LogP contribution >= 0.6 is 11.3 Å². The summed E-state index contributed by atoms with van der Waals surface area (Å²) in [5.74, 6) is -0.0704. The van der Waals surface area contributed by atoms with Crippen molar-refractivity contribution >= 4 is 28.1 Å². The van der Waals surface area contributed by atoms with Crippen LogP contribution in [-0.2, 0) is 11.3 Å². The maximum atomic E-state index is 11.1. The Hall–Kier alpha value is -1.92. The third kappa shape index (κ3) is 4.55. The fourth-order valence-corrected chi connectivity index (χ4v) is 3.75. The predicted octanol–water partition coefficient (Wildman–Crippen LogP) is 3.49. The van der Waals surface area contributed by atoms with Crippen molar-refractivity contribution in [1.29, 1.82) is 0 Å². The molecular formula is C18H24N4OS. The summed E-state index contributed by atoms with van der Waals surface area (Å²) in [7, 11) is 0. The first kappa shape index (κ1) is 16.9. The number of nitrogens with one attached hydrogen (secondary N) is 2. The molecule has 2 aromatic rings. The second kappa shape index (κ2) is 7.77. The van der Waals surface area contributed by atoms with E-state index in [0.29, 0.717) is 11.2 Å². The molecule has 0 saturated carbocycles. The molecule has 1 aliphatic heterocycles. The lowest BCUT2D eigenvalue weighted by Crippen LogP contribution is -2.38. The standard InChI is InChI=1S/C18H24N4OS/c1-13-5-3-4-6-17(13)20-15-7-9-22(10-8-15)11-16-12-24-18(21-16)19-14(2)23/h3-6,12,15,20H,7-11H2,1-2H3,(H,19,21,23). The Labute approximate surface area is 147 Å². The summed E-state index contributed by atoms with van der Waals surface area (Å²) < 4.78 is 0. The van der Waals surface area contributed by atoms with Crippen molar-refractivity contribution in [3.05, 3.63) is 40.9 Å². The van der Waals surface area contributed by atoms with Gasteiger partial charge in [0, 0.05) is 43.7 Å². The van der Waals surface area contributed by atoms with E-state index < -0.39 is 0 Å². The quantitative estimate of drug-likeness (QED) is 0.872. The first-order valence-corrected chi connectivity index (χ1v) is 9.24. The van der Waals surface area contributed by atoms with Gasteiger partial charge in [0.1, 0.15) is 0 Å². The van der Waals surface area contributed by atoms with Gasteiger partial charge >= 0.3 is 0 Å². The van der Waals surface area contributed by atoms with E-state index >= 15 is 0 Å². The van der Waals surface area contributed by atoms with E-state index in [1.54, 1.807) is 0 Å². The lowest BCUT2D eigenvalue weighted by molar-refractivity contribution is -0.114. The zero-order valence-corrected chi connectivity index (χ0v) is 15.0. The number of hydrogen-bond acceptors (Lipinski definition) is 5. The minimum absolute atomic E-state index is 0.0704. The van der Waals surface area contributed by atoms with Gasteiger partial charge in [0.25, 0.3) is 0 Å². The number of carbonyl (C=O) groups excluding carboxylic acids is 1. The van der Waals surface area contributed by atoms with E-state index in [0.717, 1.165) is 38.2 Å². The molecule has 2 N–H and O–H groups in total. The molecule has 0 radical (unpaired) electrons. The van der Waals surface area contributed by atoms with Crippen LogP contribution in [-0.4, -0.2) is 34.9 Å². The van der Waals surface area contributed by atoms with Gasteiger partial charge in [-0.05, 0) is 31.4 Å². The van der Waals surface area contributed by atoms with Crippen LogP contribution in [0.2, 0.25) is 0 Å². The van der Waals surface area contributed by atoms with Gasteiger partial charge < -0.3 is 10.6 Å². The lowest BCUT2D eigenvalue weighted by Gasteiger charge is -2.32. The number of aromatic nitrogens is 1. The van der Waals surface area contributed by atoms with Crippen LogP contribution in [0.15, 0.2) is 29.6 Å². The van der Waals surface area contributed by atoms with E-state index in [-0.39, 0.29) is 5.91 Å². The summed E-state index contributed by atoms with van der Waals surface area (Å²) in [6.07, 6.45) is 2.27. The highest BCUT2D eigenvalue weighted by Gasteiger charge is 2.20. The highest BCUT2D eigenvalue weighted by Crippen LogP contribution is 2.22. The average molecular weight is 344 g/mol. The second-order valence-electron chi connectivity index (χ2n) is 6.33. The van der Waals surface area contributed by atoms with Crippen molar-refractivity contribution in [2.24, 2.45) is 0 Å². The Balaban J connectivity index is 1.47. The van der Waals surface area contributed by atoms with E-state index in [1.165, 1.54) is 29.5 Å². The Kier molecular flexibility index (Phi) is 5.48. The molecule has 0 atom stereocenters. The van der Waals surface area contributed by atoms with Crippen molar-refractivity contribution in [2.45, 2.75) is 39.3 Å². The molecule has 1 fully saturated rings. The van der Waals surface area contributed by atoms with Crippen molar-refractivity contribution in [2.75, 3.05) is 23.7 Å². The zero-order valence-electron chi connectivity index (χ0n) is 14.2. The summed E-state index contributed by atoms with van der Waals surface area (Å²) in [5, 5.41) is 9.13. The van der Waals surface area contributed by atoms with E-state index in [9.17, 15) is 4.79 Å². The van der Waals surface area contributed by atoms with Crippen LogP contribution in [0.3, 0.4) is 0 Å². The van der Waals surface area contributed by atoms with Crippen molar-refractivity contribution in [3.8, 4) is 0 Å². The monoisotopic (exact) mass is 344 g/mol. The number of anilines is 2. The smallest absolute Gasteiger partial charge is 0.223 e. The third-order valence-electron chi connectivity index (χ3n) is 4.31. The first-order valence-electron chi connectivity index (χ1n) is 8.36. The fraction of sp³-hybridized carbons (Fsp3) is 0.444. The number of hydrogen-bond donors (Lipinski definition) is 2. The van der Waals surface area contributed by atoms with Crippen LogP contribution in [0.25, 0.3) is 0 Å². The summed E-state index contributed by atoms with van der Waals surface area (Å²) in [5.41, 5.74) is 3.58. The number of likely N-dealkylation sites (tertiary alicyclic amines) is 1. The summed E-state index contributed by atoms with van der Waals surface area (Å²) in [4.78, 5) is 18.0. The van der Waals surface area contributed by atoms with Gasteiger partial charge in [-0.1, -0.05) is 18.2 Å². The minimum atomic E-state index is -0.0704. The number of nitrogens with zero attached hydrogens (tertiary/aromatic N) is 2. The van der Waals surface area contributed by atoms with Crippen molar-refractivity contribution in [1.82, 2.24) is 9.88 Å². The summed E-state index contributed by atoms with van der Waals surface area (Å²) in [6.45, 7) is 6.64. The molecule has 0 bridgehead atoms. The number of thiazole rings is 1. The Bertz CT molecular complexity index is 692. The molecule has 0 spiro atoms. The van der Waals surface area contributed by atoms with Gasteiger partial charge in [-0.2, -0.15) is 0 Å². The van der Waals surface area contributed by atoms with Crippen molar-refractivity contribution in [3.63, 3.8) is 0 Å². The second-order valence-corrected chi connectivity index (χ2v) is 7.19. The molecule has 6 heteroatoms. The number of piperidine rings is 1. The minimum Gasteiger partial charge on any atom is -0.382 e. The van der Waals surface area contributed by atoms with Crippen LogP contribution in [0.5, 0.6) is 0 Å². The molecule has 1 amide bonds. The van der Waals surface area contributed by atoms with Crippen LogP contribution < -0.4 is 10.6 Å². The topological polar surface area (TPSA) is 57.3 Å². The number of rotatable bonds is 5. The predicted molar refractivity (Wildman–Crippen MR) is 99.5 cm³/mol. The van der Waals surface area contributed by atoms with Gasteiger partial charge in [0.2, 0.25) is 5.91 Å². The molecule has 5 nitrogen and oxygen atoms in total. The molecule has 1 aromatic heterocycles. The number of amides is 1. The fourth-order valence-electron chi connectivity index (χ4n) is 3.01. The molecule has 0 aliphatic carbocycles. The molecule has 0 unspecified atom stereocenters. The van der Waals surface area contributed by atoms with Gasteiger partial charge in [-0.3, -0.25) is 9.69 Å². The number of aryl methyl sites for hydroxylation is 1. The number of para-hydroxylation sites is 1. The summed E-state index contributed by atoms with van der Waals surface area (Å²) in [6, 6.07) is 8.99. The number of benzene rings is 1. The summed E-state index contributed by atoms with van der Waals surface area (Å²) >= 11 is 1.49. The van der Waals surface area contributed by atoms with E-state index in [2.05, 4.69) is 51.7 Å². The van der Waals surface area contributed by atoms with Gasteiger partial charge in [-0.25, -0.2) is 4.98 Å². The van der Waals surface area contributed by atoms with E-state index in [4.69, 9.17) is 0 Å². The van der Waals surface area contributed by atoms with E-state index in [1.807, 2.05) is 5.38 Å². The van der Waals surface area contributed by atoms with Crippen LogP contribution in [0.1, 0.15) is 31.0 Å². The van der Waals surface area contributed by atoms with Crippen LogP contribution in [0.4, 0.5) is 10.8 Å². The van der Waals surface area contributed by atoms with Gasteiger partial charge in [0.05, 0.1) is 5.69 Å².